The minimum atomic E-state index is 0.901. The average Bonchev–Trinajstić information content (AvgIpc) is 2.53. The summed E-state index contributed by atoms with van der Waals surface area (Å²) in [6.07, 6.45) is 4.15. The smallest absolute Gasteiger partial charge is 0.0253 e. The van der Waals surface area contributed by atoms with Gasteiger partial charge in [-0.05, 0) is 47.9 Å². The number of thioether (sulfide) groups is 2. The van der Waals surface area contributed by atoms with Gasteiger partial charge in [-0.2, -0.15) is 0 Å². The van der Waals surface area contributed by atoms with Gasteiger partial charge in [-0.15, -0.1) is 48.8 Å². The van der Waals surface area contributed by atoms with Gasteiger partial charge in [-0.3, -0.25) is 0 Å². The zero-order valence-corrected chi connectivity index (χ0v) is 14.8. The summed E-state index contributed by atoms with van der Waals surface area (Å²) in [5.41, 5.74) is 2.18. The van der Waals surface area contributed by atoms with Gasteiger partial charge >= 0.3 is 0 Å². The van der Waals surface area contributed by atoms with Crippen molar-refractivity contribution >= 4 is 58.6 Å². The van der Waals surface area contributed by atoms with Crippen molar-refractivity contribution in [3.63, 3.8) is 0 Å². The fourth-order valence-corrected chi connectivity index (χ4v) is 3.14. The quantitative estimate of drug-likeness (QED) is 0.410. The lowest BCUT2D eigenvalue weighted by Crippen LogP contribution is -1.83. The maximum absolute atomic E-state index is 4.63. The van der Waals surface area contributed by atoms with Crippen LogP contribution in [0, 0.1) is 0 Å². The molecule has 2 aromatic rings. The molecule has 4 heteroatoms. The van der Waals surface area contributed by atoms with E-state index in [2.05, 4.69) is 86.3 Å². The van der Waals surface area contributed by atoms with Crippen LogP contribution >= 0.6 is 48.8 Å². The molecule has 2 rings (SSSR count). The third-order valence-corrected chi connectivity index (χ3v) is 5.58. The zero-order chi connectivity index (χ0) is 14.5. The molecule has 0 unspecified atom stereocenters. The minimum absolute atomic E-state index is 0.901. The SMILES string of the molecule is CSc1ccc(/C(S)=C(/S)c2ccc(SC)cc2)cc1. The van der Waals surface area contributed by atoms with E-state index in [1.54, 1.807) is 23.5 Å². The van der Waals surface area contributed by atoms with Crippen molar-refractivity contribution in [1.29, 1.82) is 0 Å². The van der Waals surface area contributed by atoms with Gasteiger partial charge in [0.2, 0.25) is 0 Å². The van der Waals surface area contributed by atoms with Gasteiger partial charge < -0.3 is 0 Å². The van der Waals surface area contributed by atoms with Crippen LogP contribution in [0.15, 0.2) is 58.3 Å². The molecule has 0 amide bonds. The van der Waals surface area contributed by atoms with Crippen molar-refractivity contribution in [3.8, 4) is 0 Å². The van der Waals surface area contributed by atoms with Gasteiger partial charge in [0.15, 0.2) is 0 Å². The van der Waals surface area contributed by atoms with E-state index >= 15 is 0 Å². The van der Waals surface area contributed by atoms with Gasteiger partial charge in [0.1, 0.15) is 0 Å². The molecule has 0 N–H and O–H groups in total. The topological polar surface area (TPSA) is 0 Å². The van der Waals surface area contributed by atoms with Crippen molar-refractivity contribution < 1.29 is 0 Å². The number of rotatable bonds is 4. The molecule has 0 radical (unpaired) electrons. The molecule has 0 bridgehead atoms. The molecule has 0 aromatic heterocycles. The summed E-state index contributed by atoms with van der Waals surface area (Å²) >= 11 is 12.7. The van der Waals surface area contributed by atoms with Crippen LogP contribution in [-0.4, -0.2) is 12.5 Å². The summed E-state index contributed by atoms with van der Waals surface area (Å²) < 4.78 is 0. The summed E-state index contributed by atoms with van der Waals surface area (Å²) in [4.78, 5) is 4.30. The Morgan fingerprint density at radius 2 is 0.950 bits per heavy atom. The summed E-state index contributed by atoms with van der Waals surface area (Å²) in [5, 5.41) is 0. The van der Waals surface area contributed by atoms with E-state index in [1.165, 1.54) is 9.79 Å². The predicted octanol–water partition coefficient (Wildman–Crippen LogP) is 5.82. The highest BCUT2D eigenvalue weighted by molar-refractivity contribution is 7.99. The van der Waals surface area contributed by atoms with E-state index < -0.39 is 0 Å². The van der Waals surface area contributed by atoms with Crippen LogP contribution in [-0.2, 0) is 0 Å². The third kappa shape index (κ3) is 3.82. The van der Waals surface area contributed by atoms with Crippen LogP contribution in [0.3, 0.4) is 0 Å². The Bertz CT molecular complexity index is 542. The fraction of sp³-hybridized carbons (Fsp3) is 0.125. The Morgan fingerprint density at radius 1 is 0.650 bits per heavy atom. The first kappa shape index (κ1) is 16.0. The fourth-order valence-electron chi connectivity index (χ4n) is 1.77. The summed E-state index contributed by atoms with van der Waals surface area (Å²) in [5.74, 6) is 0. The summed E-state index contributed by atoms with van der Waals surface area (Å²) in [6, 6.07) is 16.8. The number of benzene rings is 2. The van der Waals surface area contributed by atoms with E-state index in [1.807, 2.05) is 0 Å². The Hall–Kier alpha value is -0.420. The average molecular weight is 337 g/mol. The van der Waals surface area contributed by atoms with Gasteiger partial charge in [0, 0.05) is 19.6 Å². The van der Waals surface area contributed by atoms with Gasteiger partial charge in [-0.1, -0.05) is 24.3 Å². The van der Waals surface area contributed by atoms with Crippen LogP contribution in [0.2, 0.25) is 0 Å². The first-order valence-electron chi connectivity index (χ1n) is 6.06. The minimum Gasteiger partial charge on any atom is -0.142 e. The molecule has 0 aliphatic carbocycles. The second-order valence-corrected chi connectivity index (χ2v) is 6.81. The molecular formula is C16H16S4. The molecule has 0 heterocycles. The maximum atomic E-state index is 4.63. The van der Waals surface area contributed by atoms with E-state index in [-0.39, 0.29) is 0 Å². The standard InChI is InChI=1S/C16H16S4/c1-19-13-7-3-11(4-8-13)15(17)16(18)12-5-9-14(20-2)10-6-12/h3-10,17-18H,1-2H3/b16-15-. The Kier molecular flexibility index (Phi) is 6.02. The molecule has 0 aliphatic rings. The van der Waals surface area contributed by atoms with Crippen molar-refractivity contribution in [3.05, 3.63) is 59.7 Å². The summed E-state index contributed by atoms with van der Waals surface area (Å²) in [7, 11) is 0. The van der Waals surface area contributed by atoms with Crippen LogP contribution in [0.1, 0.15) is 11.1 Å². The first-order chi connectivity index (χ1) is 9.65. The molecule has 0 saturated heterocycles. The highest BCUT2D eigenvalue weighted by Crippen LogP contribution is 2.33. The third-order valence-electron chi connectivity index (χ3n) is 2.95. The van der Waals surface area contributed by atoms with Crippen LogP contribution < -0.4 is 0 Å². The number of hydrogen-bond donors (Lipinski definition) is 2. The Balaban J connectivity index is 2.32. The highest BCUT2D eigenvalue weighted by Gasteiger charge is 2.05. The molecular weight excluding hydrogens is 320 g/mol. The molecule has 0 fully saturated rings. The van der Waals surface area contributed by atoms with Crippen molar-refractivity contribution in [2.24, 2.45) is 0 Å². The molecule has 0 aliphatic heterocycles. The molecule has 0 nitrogen and oxygen atoms in total. The van der Waals surface area contributed by atoms with Crippen molar-refractivity contribution in [2.45, 2.75) is 9.79 Å². The van der Waals surface area contributed by atoms with Crippen LogP contribution in [0.25, 0.3) is 9.81 Å². The lowest BCUT2D eigenvalue weighted by molar-refractivity contribution is 1.44. The monoisotopic (exact) mass is 336 g/mol. The lowest BCUT2D eigenvalue weighted by Gasteiger charge is -2.08. The van der Waals surface area contributed by atoms with E-state index in [9.17, 15) is 0 Å². The van der Waals surface area contributed by atoms with Gasteiger partial charge in [0.05, 0.1) is 0 Å². The maximum Gasteiger partial charge on any atom is 0.0253 e. The molecule has 104 valence electrons. The number of hydrogen-bond acceptors (Lipinski definition) is 4. The van der Waals surface area contributed by atoms with Gasteiger partial charge in [-0.25, -0.2) is 0 Å². The molecule has 0 atom stereocenters. The Labute approximate surface area is 140 Å². The number of thiol groups is 2. The molecule has 20 heavy (non-hydrogen) atoms. The lowest BCUT2D eigenvalue weighted by atomic mass is 10.1. The highest BCUT2D eigenvalue weighted by atomic mass is 32.2. The summed E-state index contributed by atoms with van der Waals surface area (Å²) in [6.45, 7) is 0. The van der Waals surface area contributed by atoms with Crippen LogP contribution in [0.5, 0.6) is 0 Å². The molecule has 0 spiro atoms. The van der Waals surface area contributed by atoms with Gasteiger partial charge in [0.25, 0.3) is 0 Å². The normalized spacial score (nSPS) is 12.2. The van der Waals surface area contributed by atoms with Crippen LogP contribution in [0.4, 0.5) is 0 Å². The van der Waals surface area contributed by atoms with E-state index in [0.29, 0.717) is 0 Å². The molecule has 2 aromatic carbocycles. The second kappa shape index (κ2) is 7.55. The second-order valence-electron chi connectivity index (χ2n) is 4.15. The zero-order valence-electron chi connectivity index (χ0n) is 11.3. The van der Waals surface area contributed by atoms with E-state index in [4.69, 9.17) is 0 Å². The van der Waals surface area contributed by atoms with Crippen molar-refractivity contribution in [2.75, 3.05) is 12.5 Å². The predicted molar refractivity (Wildman–Crippen MR) is 101 cm³/mol. The van der Waals surface area contributed by atoms with E-state index in [0.717, 1.165) is 20.9 Å². The largest absolute Gasteiger partial charge is 0.142 e. The van der Waals surface area contributed by atoms with Crippen molar-refractivity contribution in [1.82, 2.24) is 0 Å². The molecule has 0 saturated carbocycles. The Morgan fingerprint density at radius 3 is 1.20 bits per heavy atom. The first-order valence-corrected chi connectivity index (χ1v) is 9.41.